The monoisotopic (exact) mass is 265 g/mol. The lowest BCUT2D eigenvalue weighted by Gasteiger charge is -2.04. The van der Waals surface area contributed by atoms with Crippen molar-refractivity contribution in [2.24, 2.45) is 0 Å². The van der Waals surface area contributed by atoms with Gasteiger partial charge in [0, 0.05) is 28.2 Å². The highest BCUT2D eigenvalue weighted by atomic mass is 16.5. The van der Waals surface area contributed by atoms with E-state index in [1.165, 1.54) is 0 Å². The van der Waals surface area contributed by atoms with Crippen molar-refractivity contribution < 1.29 is 9.53 Å². The second-order valence-electron chi connectivity index (χ2n) is 4.53. The van der Waals surface area contributed by atoms with Crippen LogP contribution in [-0.4, -0.2) is 17.4 Å². The van der Waals surface area contributed by atoms with Gasteiger partial charge in [-0.2, -0.15) is 0 Å². The lowest BCUT2D eigenvalue weighted by Crippen LogP contribution is -2.00. The molecule has 0 aliphatic carbocycles. The lowest BCUT2D eigenvalue weighted by molar-refractivity contribution is 0.104. The number of para-hydroxylation sites is 1. The number of carbonyl (C=O) groups is 1. The summed E-state index contributed by atoms with van der Waals surface area (Å²) in [5, 5.41) is 0.950. The van der Waals surface area contributed by atoms with E-state index in [2.05, 4.69) is 4.98 Å². The summed E-state index contributed by atoms with van der Waals surface area (Å²) in [6, 6.07) is 15.0. The maximum atomic E-state index is 12.5. The Balaban J connectivity index is 1.95. The van der Waals surface area contributed by atoms with E-state index in [1.54, 1.807) is 18.3 Å². The van der Waals surface area contributed by atoms with Crippen LogP contribution in [0, 0.1) is 0 Å². The van der Waals surface area contributed by atoms with Crippen molar-refractivity contribution in [1.82, 2.24) is 4.98 Å². The molecule has 1 aromatic heterocycles. The van der Waals surface area contributed by atoms with Crippen LogP contribution in [0.5, 0.6) is 5.75 Å². The van der Waals surface area contributed by atoms with Crippen LogP contribution in [0.25, 0.3) is 10.9 Å². The van der Waals surface area contributed by atoms with Crippen LogP contribution in [0.2, 0.25) is 0 Å². The van der Waals surface area contributed by atoms with Crippen LogP contribution < -0.4 is 4.74 Å². The van der Waals surface area contributed by atoms with Crippen LogP contribution in [0.15, 0.2) is 54.7 Å². The average molecular weight is 265 g/mol. The third kappa shape index (κ3) is 2.18. The molecule has 0 fully saturated rings. The molecule has 3 rings (SSSR count). The maximum Gasteiger partial charge on any atom is 0.195 e. The zero-order chi connectivity index (χ0) is 13.9. The van der Waals surface area contributed by atoms with E-state index in [9.17, 15) is 4.79 Å². The summed E-state index contributed by atoms with van der Waals surface area (Å²) >= 11 is 0. The van der Waals surface area contributed by atoms with Crippen molar-refractivity contribution in [3.05, 3.63) is 65.9 Å². The van der Waals surface area contributed by atoms with Crippen LogP contribution >= 0.6 is 0 Å². The summed E-state index contributed by atoms with van der Waals surface area (Å²) in [7, 11) is 0. The lowest BCUT2D eigenvalue weighted by atomic mass is 10.0. The van der Waals surface area contributed by atoms with E-state index >= 15 is 0 Å². The number of carbonyl (C=O) groups excluding carboxylic acids is 1. The number of aromatic amines is 1. The number of H-pyrrole nitrogens is 1. The summed E-state index contributed by atoms with van der Waals surface area (Å²) in [6.45, 7) is 2.56. The Labute approximate surface area is 117 Å². The molecule has 0 aliphatic heterocycles. The largest absolute Gasteiger partial charge is 0.494 e. The zero-order valence-electron chi connectivity index (χ0n) is 11.2. The number of rotatable bonds is 4. The molecule has 20 heavy (non-hydrogen) atoms. The molecule has 3 aromatic rings. The second-order valence-corrected chi connectivity index (χ2v) is 4.53. The summed E-state index contributed by atoms with van der Waals surface area (Å²) in [4.78, 5) is 15.7. The molecule has 0 bridgehead atoms. The van der Waals surface area contributed by atoms with E-state index < -0.39 is 0 Å². The number of hydrogen-bond donors (Lipinski definition) is 1. The molecule has 0 amide bonds. The molecule has 0 unspecified atom stereocenters. The molecule has 3 nitrogen and oxygen atoms in total. The van der Waals surface area contributed by atoms with Crippen LogP contribution in [0.3, 0.4) is 0 Å². The first-order valence-corrected chi connectivity index (χ1v) is 6.63. The Hall–Kier alpha value is -2.55. The summed E-state index contributed by atoms with van der Waals surface area (Å²) in [6.07, 6.45) is 1.77. The van der Waals surface area contributed by atoms with Crippen LogP contribution in [-0.2, 0) is 0 Å². The van der Waals surface area contributed by atoms with E-state index in [0.717, 1.165) is 16.7 Å². The van der Waals surface area contributed by atoms with Crippen LogP contribution in [0.1, 0.15) is 22.8 Å². The highest BCUT2D eigenvalue weighted by Crippen LogP contribution is 2.22. The number of ketones is 1. The van der Waals surface area contributed by atoms with Gasteiger partial charge in [-0.25, -0.2) is 0 Å². The van der Waals surface area contributed by atoms with Gasteiger partial charge in [0.25, 0.3) is 0 Å². The molecular weight excluding hydrogens is 250 g/mol. The quantitative estimate of drug-likeness (QED) is 0.729. The third-order valence-electron chi connectivity index (χ3n) is 3.26. The molecule has 1 heterocycles. The van der Waals surface area contributed by atoms with Gasteiger partial charge in [-0.1, -0.05) is 18.2 Å². The van der Waals surface area contributed by atoms with Gasteiger partial charge in [-0.15, -0.1) is 0 Å². The predicted octanol–water partition coefficient (Wildman–Crippen LogP) is 3.80. The first kappa shape index (κ1) is 12.5. The SMILES string of the molecule is CCOc1ccc(C(=O)c2c[nH]c3ccccc23)cc1. The Morgan fingerprint density at radius 2 is 1.85 bits per heavy atom. The number of fused-ring (bicyclic) bond motifs is 1. The van der Waals surface area contributed by atoms with Gasteiger partial charge < -0.3 is 9.72 Å². The number of benzene rings is 2. The molecule has 0 atom stereocenters. The van der Waals surface area contributed by atoms with E-state index in [-0.39, 0.29) is 5.78 Å². The highest BCUT2D eigenvalue weighted by molar-refractivity contribution is 6.16. The fourth-order valence-electron chi connectivity index (χ4n) is 2.28. The van der Waals surface area contributed by atoms with Gasteiger partial charge >= 0.3 is 0 Å². The van der Waals surface area contributed by atoms with Crippen molar-refractivity contribution in [3.63, 3.8) is 0 Å². The van der Waals surface area contributed by atoms with Crippen LogP contribution in [0.4, 0.5) is 0 Å². The number of nitrogens with one attached hydrogen (secondary N) is 1. The molecule has 3 heteroatoms. The fourth-order valence-corrected chi connectivity index (χ4v) is 2.28. The van der Waals surface area contributed by atoms with Crippen molar-refractivity contribution >= 4 is 16.7 Å². The maximum absolute atomic E-state index is 12.5. The second kappa shape index (κ2) is 5.21. The van der Waals surface area contributed by atoms with Gasteiger partial charge in [0.2, 0.25) is 0 Å². The van der Waals surface area contributed by atoms with Crippen molar-refractivity contribution in [1.29, 1.82) is 0 Å². The summed E-state index contributed by atoms with van der Waals surface area (Å²) in [5.41, 5.74) is 2.34. The Kier molecular flexibility index (Phi) is 3.25. The first-order chi connectivity index (χ1) is 9.79. The summed E-state index contributed by atoms with van der Waals surface area (Å²) < 4.78 is 5.38. The van der Waals surface area contributed by atoms with Crippen molar-refractivity contribution in [2.45, 2.75) is 6.92 Å². The van der Waals surface area contributed by atoms with E-state index in [0.29, 0.717) is 17.7 Å². The highest BCUT2D eigenvalue weighted by Gasteiger charge is 2.13. The molecular formula is C17H15NO2. The molecule has 2 aromatic carbocycles. The smallest absolute Gasteiger partial charge is 0.195 e. The molecule has 0 saturated carbocycles. The molecule has 1 N–H and O–H groups in total. The minimum atomic E-state index is 0.0190. The normalized spacial score (nSPS) is 10.7. The van der Waals surface area contributed by atoms with E-state index in [1.807, 2.05) is 43.3 Å². The van der Waals surface area contributed by atoms with Crippen molar-refractivity contribution in [2.75, 3.05) is 6.61 Å². The standard InChI is InChI=1S/C17H15NO2/c1-2-20-13-9-7-12(8-10-13)17(19)15-11-18-16-6-4-3-5-14(15)16/h3-11,18H,2H2,1H3. The Morgan fingerprint density at radius 3 is 2.60 bits per heavy atom. The topological polar surface area (TPSA) is 42.1 Å². The number of aromatic nitrogens is 1. The third-order valence-corrected chi connectivity index (χ3v) is 3.26. The average Bonchev–Trinajstić information content (AvgIpc) is 2.92. The first-order valence-electron chi connectivity index (χ1n) is 6.63. The van der Waals surface area contributed by atoms with Gasteiger partial charge in [0.15, 0.2) is 5.78 Å². The number of ether oxygens (including phenoxy) is 1. The van der Waals surface area contributed by atoms with Gasteiger partial charge in [-0.05, 0) is 37.3 Å². The van der Waals surface area contributed by atoms with Gasteiger partial charge in [0.1, 0.15) is 5.75 Å². The zero-order valence-corrected chi connectivity index (χ0v) is 11.2. The Bertz CT molecular complexity index is 741. The number of hydrogen-bond acceptors (Lipinski definition) is 2. The summed E-state index contributed by atoms with van der Waals surface area (Å²) in [5.74, 6) is 0.800. The van der Waals surface area contributed by atoms with Gasteiger partial charge in [-0.3, -0.25) is 4.79 Å². The van der Waals surface area contributed by atoms with E-state index in [4.69, 9.17) is 4.74 Å². The fraction of sp³-hybridized carbons (Fsp3) is 0.118. The Morgan fingerprint density at radius 1 is 1.10 bits per heavy atom. The van der Waals surface area contributed by atoms with Gasteiger partial charge in [0.05, 0.1) is 6.61 Å². The molecule has 0 spiro atoms. The van der Waals surface area contributed by atoms with Crippen molar-refractivity contribution in [3.8, 4) is 5.75 Å². The molecule has 0 radical (unpaired) electrons. The molecule has 100 valence electrons. The minimum absolute atomic E-state index is 0.0190. The molecule has 0 aliphatic rings. The predicted molar refractivity (Wildman–Crippen MR) is 79.3 cm³/mol. The molecule has 0 saturated heterocycles. The minimum Gasteiger partial charge on any atom is -0.494 e.